The second-order valence-electron chi connectivity index (χ2n) is 11.7. The lowest BCUT2D eigenvalue weighted by Gasteiger charge is -2.44. The van der Waals surface area contributed by atoms with E-state index in [1.807, 2.05) is 12.1 Å². The van der Waals surface area contributed by atoms with Crippen molar-refractivity contribution < 1.29 is 15.0 Å². The molecule has 2 saturated carbocycles. The highest BCUT2D eigenvalue weighted by atomic mass is 16.3. The fourth-order valence-corrected chi connectivity index (χ4v) is 9.01. The highest BCUT2D eigenvalue weighted by Gasteiger charge is 2.79. The van der Waals surface area contributed by atoms with E-state index in [1.54, 1.807) is 0 Å². The Morgan fingerprint density at radius 1 is 1.00 bits per heavy atom. The summed E-state index contributed by atoms with van der Waals surface area (Å²) in [5.41, 5.74) is 1.35. The van der Waals surface area contributed by atoms with Gasteiger partial charge in [0.15, 0.2) is 0 Å². The summed E-state index contributed by atoms with van der Waals surface area (Å²) in [5, 5.41) is 26.3. The van der Waals surface area contributed by atoms with Crippen LogP contribution in [0, 0.1) is 23.7 Å². The predicted molar refractivity (Wildman–Crippen MR) is 126 cm³/mol. The molecule has 176 valence electrons. The minimum absolute atomic E-state index is 0.143. The van der Waals surface area contributed by atoms with Gasteiger partial charge < -0.3 is 15.5 Å². The summed E-state index contributed by atoms with van der Waals surface area (Å²) < 4.78 is 0. The molecule has 0 amide bonds. The first-order chi connectivity index (χ1) is 16.1. The molecule has 3 saturated heterocycles. The van der Waals surface area contributed by atoms with E-state index in [-0.39, 0.29) is 18.1 Å². The number of piperidine rings is 2. The van der Waals surface area contributed by atoms with Crippen LogP contribution in [0.4, 0.5) is 0 Å². The van der Waals surface area contributed by atoms with E-state index >= 15 is 0 Å². The van der Waals surface area contributed by atoms with Gasteiger partial charge in [0.2, 0.25) is 0 Å². The van der Waals surface area contributed by atoms with Crippen LogP contribution in [0.25, 0.3) is 0 Å². The molecule has 11 atom stereocenters. The van der Waals surface area contributed by atoms with E-state index in [1.165, 1.54) is 31.2 Å². The molecule has 1 aromatic carbocycles. The Hall–Kier alpha value is -1.53. The molecule has 33 heavy (non-hydrogen) atoms. The molecule has 4 aliphatic heterocycles. The molecule has 5 fully saturated rings. The number of aldehydes is 1. The van der Waals surface area contributed by atoms with E-state index in [9.17, 15) is 15.0 Å². The first kappa shape index (κ1) is 20.8. The van der Waals surface area contributed by atoms with Gasteiger partial charge in [0.1, 0.15) is 12.0 Å². The van der Waals surface area contributed by atoms with Crippen molar-refractivity contribution >= 4 is 6.29 Å². The molecule has 1 aromatic rings. The standard InChI is InChI=1S/C28H36N2O3/c31-15-16-5-7-18(8-6-16)25(17-3-1-2-4-17)27-20-10-14-24-28(33,30(24)27)26(20)22-11-9-19-21(29-22)12-13-23(19)32/h5-8,10,14-15,17,19-27,29,32-33H,1-4,9,11-13H2. The third kappa shape index (κ3) is 2.89. The van der Waals surface area contributed by atoms with Crippen molar-refractivity contribution in [1.82, 2.24) is 10.2 Å². The summed E-state index contributed by atoms with van der Waals surface area (Å²) >= 11 is 0. The second kappa shape index (κ2) is 7.48. The highest BCUT2D eigenvalue weighted by Crippen LogP contribution is 2.66. The third-order valence-electron chi connectivity index (χ3n) is 10.4. The van der Waals surface area contributed by atoms with Gasteiger partial charge in [-0.1, -0.05) is 49.3 Å². The monoisotopic (exact) mass is 448 g/mol. The maximum absolute atomic E-state index is 12.0. The lowest BCUT2D eigenvalue weighted by atomic mass is 9.66. The Balaban J connectivity index is 1.22. The van der Waals surface area contributed by atoms with Crippen LogP contribution in [0.15, 0.2) is 36.4 Å². The van der Waals surface area contributed by atoms with E-state index in [0.29, 0.717) is 41.8 Å². The fraction of sp³-hybridized carbons (Fsp3) is 0.679. The van der Waals surface area contributed by atoms with Gasteiger partial charge in [-0.3, -0.25) is 9.69 Å². The van der Waals surface area contributed by atoms with Crippen LogP contribution in [0.3, 0.4) is 0 Å². The first-order valence-corrected chi connectivity index (χ1v) is 13.3. The van der Waals surface area contributed by atoms with Crippen LogP contribution in [0.2, 0.25) is 0 Å². The van der Waals surface area contributed by atoms with Crippen molar-refractivity contribution in [2.75, 3.05) is 0 Å². The predicted octanol–water partition coefficient (Wildman–Crippen LogP) is 3.22. The number of carbonyl (C=O) groups excluding carboxylic acids is 1. The molecular formula is C28H36N2O3. The minimum Gasteiger partial charge on any atom is -0.393 e. The van der Waals surface area contributed by atoms with Gasteiger partial charge in [-0.05, 0) is 50.0 Å². The molecule has 0 radical (unpaired) electrons. The van der Waals surface area contributed by atoms with Gasteiger partial charge in [-0.2, -0.15) is 0 Å². The van der Waals surface area contributed by atoms with Gasteiger partial charge in [-0.25, -0.2) is 0 Å². The fourth-order valence-electron chi connectivity index (χ4n) is 9.01. The zero-order valence-corrected chi connectivity index (χ0v) is 19.2. The Kier molecular flexibility index (Phi) is 4.72. The zero-order valence-electron chi connectivity index (χ0n) is 19.2. The van der Waals surface area contributed by atoms with E-state index in [2.05, 4.69) is 34.5 Å². The Morgan fingerprint density at radius 3 is 2.52 bits per heavy atom. The van der Waals surface area contributed by atoms with Gasteiger partial charge >= 0.3 is 0 Å². The molecule has 0 spiro atoms. The second-order valence-corrected chi connectivity index (χ2v) is 11.7. The molecular weight excluding hydrogens is 412 g/mol. The molecule has 5 heteroatoms. The maximum Gasteiger partial charge on any atom is 0.150 e. The molecule has 4 heterocycles. The molecule has 4 bridgehead atoms. The van der Waals surface area contributed by atoms with Crippen LogP contribution in [-0.2, 0) is 0 Å². The summed E-state index contributed by atoms with van der Waals surface area (Å²) in [6, 6.07) is 9.46. The smallest absolute Gasteiger partial charge is 0.150 e. The van der Waals surface area contributed by atoms with Crippen LogP contribution in [0.5, 0.6) is 0 Å². The largest absolute Gasteiger partial charge is 0.393 e. The van der Waals surface area contributed by atoms with E-state index in [0.717, 1.165) is 37.5 Å². The lowest BCUT2D eigenvalue weighted by molar-refractivity contribution is 0.0130. The average Bonchev–Trinajstić information content (AvgIpc) is 3.22. The van der Waals surface area contributed by atoms with Crippen molar-refractivity contribution in [3.8, 4) is 0 Å². The number of hydrogen-bond acceptors (Lipinski definition) is 5. The summed E-state index contributed by atoms with van der Waals surface area (Å²) in [6.07, 6.45) is 14.7. The van der Waals surface area contributed by atoms with Crippen molar-refractivity contribution in [3.05, 3.63) is 47.5 Å². The SMILES string of the molecule is O=Cc1ccc(C(C2CCCC2)C2C3C=CC4N2C4(O)C3C2CCC3C(O)CCC3N2)cc1. The number of aliphatic hydroxyl groups excluding tert-OH is 1. The molecule has 8 rings (SSSR count). The minimum atomic E-state index is -0.717. The van der Waals surface area contributed by atoms with Crippen LogP contribution < -0.4 is 5.32 Å². The Labute approximate surface area is 196 Å². The number of rotatable bonds is 5. The van der Waals surface area contributed by atoms with Crippen molar-refractivity contribution in [2.24, 2.45) is 23.7 Å². The number of carbonyl (C=O) groups is 1. The van der Waals surface area contributed by atoms with Gasteiger partial charge in [-0.15, -0.1) is 0 Å². The van der Waals surface area contributed by atoms with Crippen LogP contribution >= 0.6 is 0 Å². The third-order valence-corrected chi connectivity index (χ3v) is 10.4. The lowest BCUT2D eigenvalue weighted by Crippen LogP contribution is -2.56. The van der Waals surface area contributed by atoms with Crippen LogP contribution in [0.1, 0.15) is 73.2 Å². The van der Waals surface area contributed by atoms with E-state index in [4.69, 9.17) is 0 Å². The first-order valence-electron chi connectivity index (χ1n) is 13.3. The maximum atomic E-state index is 12.0. The number of hydrogen-bond donors (Lipinski definition) is 3. The van der Waals surface area contributed by atoms with Gasteiger partial charge in [0.25, 0.3) is 0 Å². The van der Waals surface area contributed by atoms with Crippen molar-refractivity contribution in [1.29, 1.82) is 0 Å². The van der Waals surface area contributed by atoms with Crippen molar-refractivity contribution in [2.45, 2.75) is 93.3 Å². The highest BCUT2D eigenvalue weighted by molar-refractivity contribution is 5.74. The summed E-state index contributed by atoms with van der Waals surface area (Å²) in [4.78, 5) is 13.7. The Morgan fingerprint density at radius 2 is 1.76 bits per heavy atom. The molecule has 11 unspecified atom stereocenters. The summed E-state index contributed by atoms with van der Waals surface area (Å²) in [7, 11) is 0. The topological polar surface area (TPSA) is 72.6 Å². The average molecular weight is 449 g/mol. The number of aliphatic hydroxyl groups is 2. The number of nitrogens with one attached hydrogen (secondary N) is 1. The molecule has 3 N–H and O–H groups in total. The molecule has 5 nitrogen and oxygen atoms in total. The summed E-state index contributed by atoms with van der Waals surface area (Å²) in [6.45, 7) is 0. The normalized spacial score (nSPS) is 48.6. The van der Waals surface area contributed by atoms with E-state index < -0.39 is 5.72 Å². The number of benzene rings is 1. The van der Waals surface area contributed by atoms with Crippen molar-refractivity contribution in [3.63, 3.8) is 0 Å². The molecule has 3 aliphatic carbocycles. The number of nitrogens with zero attached hydrogens (tertiary/aromatic N) is 1. The zero-order chi connectivity index (χ0) is 22.3. The van der Waals surface area contributed by atoms with Gasteiger partial charge in [0, 0.05) is 47.4 Å². The van der Waals surface area contributed by atoms with Gasteiger partial charge in [0.05, 0.1) is 12.1 Å². The number of fused-ring (bicyclic) bond motifs is 1. The van der Waals surface area contributed by atoms with Crippen LogP contribution in [-0.4, -0.2) is 57.4 Å². The Bertz CT molecular complexity index is 956. The quantitative estimate of drug-likeness (QED) is 0.367. The molecule has 7 aliphatic rings. The molecule has 0 aromatic heterocycles. The summed E-state index contributed by atoms with van der Waals surface area (Å²) in [5.74, 6) is 1.99.